The van der Waals surface area contributed by atoms with Gasteiger partial charge >= 0.3 is 6.03 Å². The van der Waals surface area contributed by atoms with Crippen LogP contribution >= 0.6 is 0 Å². The Morgan fingerprint density at radius 2 is 2.28 bits per heavy atom. The lowest BCUT2D eigenvalue weighted by atomic mass is 10.1. The Bertz CT molecular complexity index is 446. The first-order valence-electron chi connectivity index (χ1n) is 5.48. The lowest BCUT2D eigenvalue weighted by Gasteiger charge is -2.36. The second-order valence-electron chi connectivity index (χ2n) is 4.45. The zero-order valence-corrected chi connectivity index (χ0v) is 10.3. The summed E-state index contributed by atoms with van der Waals surface area (Å²) in [5, 5.41) is 2.28. The first-order valence-corrected chi connectivity index (χ1v) is 5.48. The molecule has 4 N–H and O–H groups in total. The normalized spacial score (nSPS) is 26.7. The van der Waals surface area contributed by atoms with Gasteiger partial charge in [0.2, 0.25) is 5.96 Å². The van der Waals surface area contributed by atoms with Crippen molar-refractivity contribution in [2.45, 2.75) is 19.1 Å². The van der Waals surface area contributed by atoms with Gasteiger partial charge in [-0.25, -0.2) is 15.6 Å². The number of hydrogen-bond donors (Lipinski definition) is 3. The molecule has 0 saturated carbocycles. The molecule has 2 rings (SSSR count). The van der Waals surface area contributed by atoms with Gasteiger partial charge in [0.1, 0.15) is 0 Å². The van der Waals surface area contributed by atoms with Crippen molar-refractivity contribution in [3.05, 3.63) is 12.2 Å². The summed E-state index contributed by atoms with van der Waals surface area (Å²) in [6.07, 6.45) is -0.559. The van der Waals surface area contributed by atoms with Crippen LogP contribution in [0.4, 0.5) is 4.79 Å². The van der Waals surface area contributed by atoms with E-state index in [2.05, 4.69) is 22.3 Å². The topological polar surface area (TPSA) is 103 Å². The number of hydrazine groups is 1. The van der Waals surface area contributed by atoms with Gasteiger partial charge in [0, 0.05) is 13.6 Å². The molecule has 1 saturated heterocycles. The van der Waals surface area contributed by atoms with E-state index < -0.39 is 18.2 Å². The van der Waals surface area contributed by atoms with Gasteiger partial charge in [-0.05, 0) is 6.92 Å². The molecule has 0 radical (unpaired) electrons. The van der Waals surface area contributed by atoms with E-state index in [0.717, 1.165) is 5.57 Å². The maximum Gasteiger partial charge on any atom is 0.325 e. The van der Waals surface area contributed by atoms with Crippen LogP contribution in [-0.4, -0.2) is 53.5 Å². The average Bonchev–Trinajstić information content (AvgIpc) is 2.64. The van der Waals surface area contributed by atoms with Crippen molar-refractivity contribution < 1.29 is 9.59 Å². The molecular weight excluding hydrogens is 236 g/mol. The van der Waals surface area contributed by atoms with Crippen LogP contribution in [0.2, 0.25) is 0 Å². The fraction of sp³-hybridized carbons (Fsp3) is 0.500. The van der Waals surface area contributed by atoms with Gasteiger partial charge in [0.25, 0.3) is 5.91 Å². The SMILES string of the molecule is C=C(C)CN1C(NN)=NC2C1C(=O)NC(=O)N2C. The number of aliphatic imine (C=N–C) groups is 1. The number of nitrogens with two attached hydrogens (primary N) is 1. The summed E-state index contributed by atoms with van der Waals surface area (Å²) < 4.78 is 0. The summed E-state index contributed by atoms with van der Waals surface area (Å²) in [5.74, 6) is 5.40. The zero-order chi connectivity index (χ0) is 13.4. The molecule has 2 aliphatic rings. The third-order valence-electron chi connectivity index (χ3n) is 2.93. The van der Waals surface area contributed by atoms with Crippen LogP contribution in [0.25, 0.3) is 0 Å². The molecule has 2 atom stereocenters. The molecule has 18 heavy (non-hydrogen) atoms. The number of hydrogen-bond acceptors (Lipinski definition) is 6. The van der Waals surface area contributed by atoms with Crippen LogP contribution in [-0.2, 0) is 4.79 Å². The Morgan fingerprint density at radius 3 is 2.83 bits per heavy atom. The third kappa shape index (κ3) is 1.80. The number of carbonyl (C=O) groups is 2. The number of nitrogens with zero attached hydrogens (tertiary/aromatic N) is 3. The predicted molar refractivity (Wildman–Crippen MR) is 65.2 cm³/mol. The van der Waals surface area contributed by atoms with Crippen LogP contribution < -0.4 is 16.6 Å². The second-order valence-corrected chi connectivity index (χ2v) is 4.45. The van der Waals surface area contributed by atoms with Gasteiger partial charge in [-0.2, -0.15) is 0 Å². The number of amides is 3. The molecule has 0 aromatic rings. The van der Waals surface area contributed by atoms with Gasteiger partial charge in [0.05, 0.1) is 0 Å². The van der Waals surface area contributed by atoms with Crippen molar-refractivity contribution in [2.75, 3.05) is 13.6 Å². The van der Waals surface area contributed by atoms with E-state index in [1.165, 1.54) is 4.90 Å². The van der Waals surface area contributed by atoms with Gasteiger partial charge < -0.3 is 9.80 Å². The fourth-order valence-corrected chi connectivity index (χ4v) is 2.11. The molecule has 8 heteroatoms. The van der Waals surface area contributed by atoms with Crippen molar-refractivity contribution in [3.63, 3.8) is 0 Å². The van der Waals surface area contributed by atoms with Gasteiger partial charge in [0.15, 0.2) is 12.2 Å². The van der Waals surface area contributed by atoms with E-state index in [9.17, 15) is 9.59 Å². The molecule has 2 aliphatic heterocycles. The van der Waals surface area contributed by atoms with E-state index in [0.29, 0.717) is 12.5 Å². The summed E-state index contributed by atoms with van der Waals surface area (Å²) in [5.41, 5.74) is 3.32. The molecule has 0 spiro atoms. The Balaban J connectivity index is 2.32. The first-order chi connectivity index (χ1) is 8.45. The van der Waals surface area contributed by atoms with Crippen LogP contribution in [0.5, 0.6) is 0 Å². The van der Waals surface area contributed by atoms with Crippen molar-refractivity contribution >= 4 is 17.9 Å². The molecule has 0 aromatic carbocycles. The quantitative estimate of drug-likeness (QED) is 0.318. The van der Waals surface area contributed by atoms with Crippen LogP contribution in [0, 0.1) is 0 Å². The highest BCUT2D eigenvalue weighted by Gasteiger charge is 2.48. The van der Waals surface area contributed by atoms with Crippen molar-refractivity contribution in [3.8, 4) is 0 Å². The average molecular weight is 252 g/mol. The zero-order valence-electron chi connectivity index (χ0n) is 10.3. The van der Waals surface area contributed by atoms with Crippen molar-refractivity contribution in [1.82, 2.24) is 20.5 Å². The van der Waals surface area contributed by atoms with Crippen LogP contribution in [0.15, 0.2) is 17.1 Å². The number of urea groups is 1. The van der Waals surface area contributed by atoms with E-state index in [1.54, 1.807) is 11.9 Å². The highest BCUT2D eigenvalue weighted by atomic mass is 16.2. The molecule has 0 aromatic heterocycles. The molecule has 0 aliphatic carbocycles. The van der Waals surface area contributed by atoms with Gasteiger partial charge in [-0.3, -0.25) is 15.5 Å². The van der Waals surface area contributed by atoms with Crippen molar-refractivity contribution in [2.24, 2.45) is 10.8 Å². The Hall–Kier alpha value is -2.09. The summed E-state index contributed by atoms with van der Waals surface area (Å²) in [6.45, 7) is 6.09. The first kappa shape index (κ1) is 12.4. The van der Waals surface area contributed by atoms with E-state index in [1.807, 2.05) is 6.92 Å². The molecule has 98 valence electrons. The van der Waals surface area contributed by atoms with E-state index in [-0.39, 0.29) is 5.91 Å². The predicted octanol–water partition coefficient (Wildman–Crippen LogP) is -1.43. The summed E-state index contributed by atoms with van der Waals surface area (Å²) in [7, 11) is 1.58. The molecule has 8 nitrogen and oxygen atoms in total. The maximum absolute atomic E-state index is 11.9. The number of carbonyl (C=O) groups excluding carboxylic acids is 2. The van der Waals surface area contributed by atoms with Crippen LogP contribution in [0.3, 0.4) is 0 Å². The number of likely N-dealkylation sites (N-methyl/N-ethyl adjacent to an activating group) is 1. The Labute approximate surface area is 104 Å². The number of nitrogens with one attached hydrogen (secondary N) is 2. The number of guanidine groups is 1. The number of imide groups is 1. The largest absolute Gasteiger partial charge is 0.325 e. The van der Waals surface area contributed by atoms with Gasteiger partial charge in [-0.15, -0.1) is 0 Å². The second kappa shape index (κ2) is 4.30. The molecule has 0 bridgehead atoms. The van der Waals surface area contributed by atoms with E-state index in [4.69, 9.17) is 5.84 Å². The minimum absolute atomic E-state index is 0.377. The molecule has 2 unspecified atom stereocenters. The number of fused-ring (bicyclic) bond motifs is 1. The Kier molecular flexibility index (Phi) is 2.95. The van der Waals surface area contributed by atoms with Crippen molar-refractivity contribution in [1.29, 1.82) is 0 Å². The Morgan fingerprint density at radius 1 is 1.61 bits per heavy atom. The maximum atomic E-state index is 11.9. The van der Waals surface area contributed by atoms with Gasteiger partial charge in [-0.1, -0.05) is 12.2 Å². The molecular formula is C10H16N6O2. The molecule has 1 fully saturated rings. The van der Waals surface area contributed by atoms with Crippen LogP contribution in [0.1, 0.15) is 6.92 Å². The lowest BCUT2D eigenvalue weighted by molar-refractivity contribution is -0.127. The highest BCUT2D eigenvalue weighted by Crippen LogP contribution is 2.23. The standard InChI is InChI=1S/C10H16N6O2/c1-5(2)4-16-6-7(12-9(16)14-11)15(3)10(18)13-8(6)17/h6-7H,1,4,11H2,2-3H3,(H,12,14)(H,13,17,18). The number of rotatable bonds is 2. The minimum Gasteiger partial charge on any atom is -0.322 e. The summed E-state index contributed by atoms with van der Waals surface area (Å²) >= 11 is 0. The lowest BCUT2D eigenvalue weighted by Crippen LogP contribution is -2.64. The van der Waals surface area contributed by atoms with E-state index >= 15 is 0 Å². The highest BCUT2D eigenvalue weighted by molar-refractivity contribution is 6.03. The smallest absolute Gasteiger partial charge is 0.322 e. The summed E-state index contributed by atoms with van der Waals surface area (Å²) in [6, 6.07) is -1.03. The molecule has 2 heterocycles. The fourth-order valence-electron chi connectivity index (χ4n) is 2.11. The summed E-state index contributed by atoms with van der Waals surface area (Å²) in [4.78, 5) is 30.8. The third-order valence-corrected chi connectivity index (χ3v) is 2.93. The molecule has 3 amide bonds. The monoisotopic (exact) mass is 252 g/mol. The minimum atomic E-state index is -0.574.